The number of aromatic nitrogens is 2. The number of fused-ring (bicyclic) bond motifs is 1. The third-order valence-corrected chi connectivity index (χ3v) is 2.14. The monoisotopic (exact) mass is 254 g/mol. The van der Waals surface area contributed by atoms with Crippen LogP contribution in [-0.4, -0.2) is 4.98 Å². The summed E-state index contributed by atoms with van der Waals surface area (Å²) in [6.45, 7) is 0. The Morgan fingerprint density at radius 3 is 2.53 bits per heavy atom. The molecule has 17 heavy (non-hydrogen) atoms. The number of rotatable bonds is 0. The Hall–Kier alpha value is -0.963. The molecule has 0 aliphatic rings. The van der Waals surface area contributed by atoms with E-state index in [9.17, 15) is 18.0 Å². The molecule has 2 rings (SSSR count). The summed E-state index contributed by atoms with van der Waals surface area (Å²) in [5.74, 6) is 0. The van der Waals surface area contributed by atoms with Crippen molar-refractivity contribution in [1.82, 2.24) is 9.97 Å². The van der Waals surface area contributed by atoms with E-state index in [1.807, 2.05) is 0 Å². The van der Waals surface area contributed by atoms with Crippen molar-refractivity contribution < 1.29 is 32.0 Å². The fraction of sp³-hybridized carbons (Fsp3) is 0.111. The van der Waals surface area contributed by atoms with Gasteiger partial charge in [-0.1, -0.05) is 17.7 Å². The molecule has 1 aromatic carbocycles. The molecule has 2 aromatic rings. The Morgan fingerprint density at radius 2 is 1.94 bits per heavy atom. The molecule has 0 aliphatic heterocycles. The van der Waals surface area contributed by atoms with Crippen LogP contribution in [-0.2, 0) is 6.18 Å². The van der Waals surface area contributed by atoms with Crippen LogP contribution in [0.25, 0.3) is 10.9 Å². The molecule has 0 saturated carbocycles. The van der Waals surface area contributed by atoms with Gasteiger partial charge in [0.1, 0.15) is 0 Å². The van der Waals surface area contributed by atoms with Crippen LogP contribution < -0.4 is 29.5 Å². The van der Waals surface area contributed by atoms with Crippen LogP contribution in [0.1, 0.15) is 5.69 Å². The first kappa shape index (κ1) is 14.1. The number of nitrogens with zero attached hydrogens (tertiary/aromatic N) is 2. The maximum atomic E-state index is 12.6. The van der Waals surface area contributed by atoms with Crippen molar-refractivity contribution in [3.05, 3.63) is 39.4 Å². The fourth-order valence-electron chi connectivity index (χ4n) is 1.30. The zero-order valence-corrected chi connectivity index (χ0v) is 9.30. The van der Waals surface area contributed by atoms with E-state index in [1.54, 1.807) is 0 Å². The molecule has 0 radical (unpaired) electrons. The van der Waals surface area contributed by atoms with E-state index in [0.29, 0.717) is 0 Å². The maximum absolute atomic E-state index is 12.6. The van der Waals surface area contributed by atoms with Gasteiger partial charge >= 0.3 is 25.0 Å². The molecule has 0 unspecified atom stereocenters. The molecule has 0 aliphatic carbocycles. The second-order valence-corrected chi connectivity index (χ2v) is 3.45. The molecule has 0 bridgehead atoms. The molecular weight excluding hydrogens is 252 g/mol. The van der Waals surface area contributed by atoms with Crippen molar-refractivity contribution in [1.29, 1.82) is 0 Å². The van der Waals surface area contributed by atoms with Crippen molar-refractivity contribution in [2.24, 2.45) is 0 Å². The van der Waals surface area contributed by atoms with E-state index in [2.05, 4.69) is 9.97 Å². The Morgan fingerprint density at radius 1 is 1.29 bits per heavy atom. The van der Waals surface area contributed by atoms with Crippen molar-refractivity contribution in [2.75, 3.05) is 0 Å². The largest absolute Gasteiger partial charge is 1.00 e. The minimum atomic E-state index is -4.70. The first-order valence-corrected chi connectivity index (χ1v) is 4.47. The first-order valence-electron chi connectivity index (χ1n) is 4.09. The van der Waals surface area contributed by atoms with Gasteiger partial charge in [-0.3, -0.25) is 4.79 Å². The zero-order chi connectivity index (χ0) is 11.9. The summed E-state index contributed by atoms with van der Waals surface area (Å²) in [5.41, 5.74) is -2.50. The molecule has 0 N–H and O–H groups in total. The van der Waals surface area contributed by atoms with E-state index in [4.69, 9.17) is 11.6 Å². The van der Waals surface area contributed by atoms with E-state index in [-0.39, 0.29) is 34.8 Å². The van der Waals surface area contributed by atoms with Crippen LogP contribution >= 0.6 is 11.6 Å². The van der Waals surface area contributed by atoms with Crippen LogP contribution in [0.15, 0.2) is 23.0 Å². The van der Waals surface area contributed by atoms with Gasteiger partial charge in [0.05, 0.1) is 5.69 Å². The molecule has 8 heteroatoms. The van der Waals surface area contributed by atoms with E-state index >= 15 is 0 Å². The van der Waals surface area contributed by atoms with Crippen LogP contribution in [0.3, 0.4) is 0 Å². The van der Waals surface area contributed by atoms with Crippen LogP contribution in [0, 0.1) is 0 Å². The molecule has 0 spiro atoms. The molecule has 3 nitrogen and oxygen atoms in total. The van der Waals surface area contributed by atoms with Gasteiger partial charge in [0, 0.05) is 5.02 Å². The molecule has 0 fully saturated rings. The van der Waals surface area contributed by atoms with Crippen LogP contribution in [0.2, 0.25) is 5.02 Å². The average Bonchev–Trinajstić information content (AvgIpc) is 2.16. The summed E-state index contributed by atoms with van der Waals surface area (Å²) >= 11 is 5.58. The van der Waals surface area contributed by atoms with Gasteiger partial charge in [-0.2, -0.15) is 13.2 Å². The molecular formula is C9H3ClF3LiN2O. The summed E-state index contributed by atoms with van der Waals surface area (Å²) in [4.78, 5) is 17.1. The Labute approximate surface area is 110 Å². The minimum absolute atomic E-state index is 0. The second-order valence-electron chi connectivity index (χ2n) is 3.01. The Bertz CT molecular complexity index is 611. The van der Waals surface area contributed by atoms with Crippen molar-refractivity contribution in [3.63, 3.8) is 0 Å². The van der Waals surface area contributed by atoms with E-state index in [1.165, 1.54) is 12.1 Å². The zero-order valence-electron chi connectivity index (χ0n) is 8.55. The summed E-state index contributed by atoms with van der Waals surface area (Å²) in [6.07, 6.45) is -4.70. The standard InChI is InChI=1S/C9H4ClF3N2O.Li/c10-4-1-2-6-5(3-4)7(9(11,12)13)15-8(16)14-6;/h1-3H,(H,14,15,16);/q;+1/p-1. The van der Waals surface area contributed by atoms with Crippen molar-refractivity contribution >= 4 is 22.5 Å². The topological polar surface area (TPSA) is 44.1 Å². The number of hydrogen-bond acceptors (Lipinski definition) is 2. The van der Waals surface area contributed by atoms with Gasteiger partial charge in [-0.15, -0.1) is 0 Å². The first-order chi connectivity index (χ1) is 7.38. The molecule has 1 aromatic heterocycles. The number of alkyl halides is 3. The van der Waals surface area contributed by atoms with Crippen LogP contribution in [0.5, 0.6) is 0 Å². The van der Waals surface area contributed by atoms with E-state index < -0.39 is 17.6 Å². The quantitative estimate of drug-likeness (QED) is 0.580. The molecule has 0 atom stereocenters. The predicted octanol–water partition coefficient (Wildman–Crippen LogP) is -0.772. The molecule has 84 valence electrons. The second kappa shape index (κ2) is 4.73. The summed E-state index contributed by atoms with van der Waals surface area (Å²) in [6, 6.07) is 3.69. The molecule has 1 heterocycles. The average molecular weight is 255 g/mol. The van der Waals surface area contributed by atoms with Crippen molar-refractivity contribution in [2.45, 2.75) is 6.18 Å². The third kappa shape index (κ3) is 2.83. The number of benzene rings is 1. The van der Waals surface area contributed by atoms with Gasteiger partial charge in [0.25, 0.3) is 0 Å². The third-order valence-electron chi connectivity index (χ3n) is 1.91. The van der Waals surface area contributed by atoms with Gasteiger partial charge in [-0.25, -0.2) is 0 Å². The summed E-state index contributed by atoms with van der Waals surface area (Å²) in [7, 11) is 0. The normalized spacial score (nSPS) is 11.3. The van der Waals surface area contributed by atoms with Crippen molar-refractivity contribution in [3.8, 4) is 0 Å². The van der Waals surface area contributed by atoms with Gasteiger partial charge in [0.2, 0.25) is 0 Å². The van der Waals surface area contributed by atoms with Gasteiger partial charge in [0.15, 0.2) is 5.69 Å². The van der Waals surface area contributed by atoms with Crippen LogP contribution in [0.4, 0.5) is 13.2 Å². The molecule has 0 saturated heterocycles. The summed E-state index contributed by atoms with van der Waals surface area (Å²) < 4.78 is 37.7. The number of halogens is 4. The predicted molar refractivity (Wildman–Crippen MR) is 51.3 cm³/mol. The van der Waals surface area contributed by atoms with Gasteiger partial charge < -0.3 is 9.97 Å². The Kier molecular flexibility index (Phi) is 3.92. The smallest absolute Gasteiger partial charge is 0.400 e. The fourth-order valence-corrected chi connectivity index (χ4v) is 1.47. The van der Waals surface area contributed by atoms with E-state index in [0.717, 1.165) is 6.07 Å². The van der Waals surface area contributed by atoms with Gasteiger partial charge in [-0.05, 0) is 23.0 Å². The minimum Gasteiger partial charge on any atom is -0.400 e. The number of hydrogen-bond donors (Lipinski definition) is 0. The Balaban J connectivity index is 0.00000144. The maximum Gasteiger partial charge on any atom is 1.00 e. The molecule has 0 amide bonds. The summed E-state index contributed by atoms with van der Waals surface area (Å²) in [5, 5.41) is -0.153. The SMILES string of the molecule is O=c1nc(C(F)(F)F)c2cc(Cl)ccc2[n-]1.[Li+].